The monoisotopic (exact) mass is 212 g/mol. The smallest absolute Gasteiger partial charge is 0.187 e. The van der Waals surface area contributed by atoms with Crippen molar-refractivity contribution in [3.05, 3.63) is 22.6 Å². The number of aromatic nitrogens is 4. The predicted molar refractivity (Wildman–Crippen MR) is 43.2 cm³/mol. The maximum Gasteiger partial charge on any atom is 0.221 e. The lowest BCUT2D eigenvalue weighted by atomic mass is 10.3. The lowest BCUT2D eigenvalue weighted by molar-refractivity contribution is 0.892. The highest BCUT2D eigenvalue weighted by Crippen LogP contribution is 2.09. The zero-order valence-corrected chi connectivity index (χ0v) is 7.41. The summed E-state index contributed by atoms with van der Waals surface area (Å²) in [6.07, 6.45) is 1.72. The van der Waals surface area contributed by atoms with Gasteiger partial charge in [0, 0.05) is 6.20 Å². The van der Waals surface area contributed by atoms with Gasteiger partial charge in [0.1, 0.15) is 0 Å². The van der Waals surface area contributed by atoms with Crippen LogP contribution in [0.5, 0.6) is 0 Å². The molecule has 0 fully saturated rings. The van der Waals surface area contributed by atoms with E-state index in [4.69, 9.17) is 0 Å². The molecule has 0 N–H and O–H groups in total. The molecule has 0 aliphatic heterocycles. The Labute approximate surface area is 71.4 Å². The van der Waals surface area contributed by atoms with Crippen LogP contribution in [0.3, 0.4) is 0 Å². The van der Waals surface area contributed by atoms with Gasteiger partial charge in [-0.25, -0.2) is 0 Å². The van der Waals surface area contributed by atoms with Crippen molar-refractivity contribution in [1.29, 1.82) is 0 Å². The summed E-state index contributed by atoms with van der Waals surface area (Å²) in [5.74, 6) is 0. The van der Waals surface area contributed by atoms with E-state index in [2.05, 4.69) is 31.2 Å². The minimum atomic E-state index is 0.635. The van der Waals surface area contributed by atoms with E-state index in [0.717, 1.165) is 11.2 Å². The van der Waals surface area contributed by atoms with Crippen LogP contribution in [-0.4, -0.2) is 19.8 Å². The Bertz CT molecular complexity index is 394. The van der Waals surface area contributed by atoms with Crippen molar-refractivity contribution in [3.63, 3.8) is 0 Å². The van der Waals surface area contributed by atoms with Crippen LogP contribution in [0, 0.1) is 6.92 Å². The molecule has 0 atom stereocenters. The first kappa shape index (κ1) is 6.72. The number of aryl methyl sites for hydroxylation is 1. The number of halogens is 1. The fraction of sp³-hybridized carbons (Fsp3) is 0.167. The van der Waals surface area contributed by atoms with Gasteiger partial charge >= 0.3 is 0 Å². The lowest BCUT2D eigenvalue weighted by Gasteiger charge is -1.92. The van der Waals surface area contributed by atoms with Crippen molar-refractivity contribution >= 4 is 21.6 Å². The van der Waals surface area contributed by atoms with Crippen LogP contribution in [0.1, 0.15) is 5.56 Å². The summed E-state index contributed by atoms with van der Waals surface area (Å²) in [6.45, 7) is 1.97. The van der Waals surface area contributed by atoms with Crippen LogP contribution in [0.15, 0.2) is 17.0 Å². The predicted octanol–water partition coefficient (Wildman–Crippen LogP) is 1.20. The molecule has 2 heterocycles. The maximum absolute atomic E-state index is 4.05. The molecule has 0 aromatic carbocycles. The summed E-state index contributed by atoms with van der Waals surface area (Å²) in [7, 11) is 0. The molecule has 0 bridgehead atoms. The molecule has 0 saturated carbocycles. The van der Waals surface area contributed by atoms with Crippen LogP contribution < -0.4 is 0 Å². The number of rotatable bonds is 0. The Morgan fingerprint density at radius 2 is 2.27 bits per heavy atom. The molecule has 0 aliphatic rings. The molecular formula is C6H5BrN4. The van der Waals surface area contributed by atoms with E-state index in [0.29, 0.717) is 4.73 Å². The van der Waals surface area contributed by atoms with Crippen molar-refractivity contribution in [2.45, 2.75) is 6.92 Å². The SMILES string of the molecule is Cc1ccnn2c(Br)nnc12. The molecule has 2 rings (SSSR count). The maximum atomic E-state index is 4.05. The Balaban J connectivity index is 2.94. The largest absolute Gasteiger partial charge is 0.221 e. The van der Waals surface area contributed by atoms with Gasteiger partial charge in [-0.15, -0.1) is 10.2 Å². The summed E-state index contributed by atoms with van der Waals surface area (Å²) >= 11 is 3.23. The van der Waals surface area contributed by atoms with E-state index in [1.165, 1.54) is 0 Å². The number of fused-ring (bicyclic) bond motifs is 1. The fourth-order valence-corrected chi connectivity index (χ4v) is 1.23. The highest BCUT2D eigenvalue weighted by atomic mass is 79.9. The minimum Gasteiger partial charge on any atom is -0.187 e. The van der Waals surface area contributed by atoms with Crippen molar-refractivity contribution in [2.75, 3.05) is 0 Å². The van der Waals surface area contributed by atoms with E-state index >= 15 is 0 Å². The number of hydrogen-bond donors (Lipinski definition) is 0. The van der Waals surface area contributed by atoms with E-state index in [-0.39, 0.29) is 0 Å². The zero-order valence-electron chi connectivity index (χ0n) is 5.82. The first-order chi connectivity index (χ1) is 5.29. The third kappa shape index (κ3) is 0.920. The van der Waals surface area contributed by atoms with Crippen molar-refractivity contribution in [2.24, 2.45) is 0 Å². The van der Waals surface area contributed by atoms with Crippen LogP contribution >= 0.6 is 15.9 Å². The molecule has 5 heteroatoms. The van der Waals surface area contributed by atoms with Crippen molar-refractivity contribution < 1.29 is 0 Å². The van der Waals surface area contributed by atoms with Crippen LogP contribution in [0.4, 0.5) is 0 Å². The molecule has 4 nitrogen and oxygen atoms in total. The molecule has 0 radical (unpaired) electrons. The Morgan fingerprint density at radius 3 is 3.00 bits per heavy atom. The highest BCUT2D eigenvalue weighted by Gasteiger charge is 2.03. The molecule has 0 unspecified atom stereocenters. The normalized spacial score (nSPS) is 10.7. The first-order valence-corrected chi connectivity index (χ1v) is 3.91. The van der Waals surface area contributed by atoms with Crippen LogP contribution in [0.2, 0.25) is 0 Å². The van der Waals surface area contributed by atoms with Gasteiger partial charge < -0.3 is 0 Å². The van der Waals surface area contributed by atoms with Gasteiger partial charge in [0.15, 0.2) is 5.65 Å². The molecule has 11 heavy (non-hydrogen) atoms. The molecule has 0 saturated heterocycles. The summed E-state index contributed by atoms with van der Waals surface area (Å²) in [5, 5.41) is 11.8. The van der Waals surface area contributed by atoms with Crippen LogP contribution in [-0.2, 0) is 0 Å². The quantitative estimate of drug-likeness (QED) is 0.660. The molecule has 0 aliphatic carbocycles. The second kappa shape index (κ2) is 2.27. The summed E-state index contributed by atoms with van der Waals surface area (Å²) in [6, 6.07) is 1.90. The third-order valence-corrected chi connectivity index (χ3v) is 1.96. The fourth-order valence-electron chi connectivity index (χ4n) is 0.895. The van der Waals surface area contributed by atoms with E-state index in [1.54, 1.807) is 10.7 Å². The van der Waals surface area contributed by atoms with Gasteiger partial charge in [-0.2, -0.15) is 9.61 Å². The molecule has 56 valence electrons. The van der Waals surface area contributed by atoms with E-state index in [9.17, 15) is 0 Å². The first-order valence-electron chi connectivity index (χ1n) is 3.11. The third-order valence-electron chi connectivity index (χ3n) is 1.46. The van der Waals surface area contributed by atoms with Crippen LogP contribution in [0.25, 0.3) is 5.65 Å². The molecule has 2 aromatic rings. The average Bonchev–Trinajstić information content (AvgIpc) is 2.35. The second-order valence-electron chi connectivity index (χ2n) is 2.22. The molecular weight excluding hydrogens is 208 g/mol. The molecule has 0 amide bonds. The Hall–Kier alpha value is -0.970. The minimum absolute atomic E-state index is 0.635. The molecule has 2 aromatic heterocycles. The summed E-state index contributed by atoms with van der Waals surface area (Å²) < 4.78 is 2.28. The van der Waals surface area contributed by atoms with E-state index < -0.39 is 0 Å². The van der Waals surface area contributed by atoms with Gasteiger partial charge in [-0.1, -0.05) is 0 Å². The zero-order chi connectivity index (χ0) is 7.84. The van der Waals surface area contributed by atoms with E-state index in [1.807, 2.05) is 13.0 Å². The molecule has 0 spiro atoms. The number of hydrogen-bond acceptors (Lipinski definition) is 3. The topological polar surface area (TPSA) is 43.1 Å². The second-order valence-corrected chi connectivity index (χ2v) is 2.93. The van der Waals surface area contributed by atoms with Crippen molar-refractivity contribution in [1.82, 2.24) is 19.8 Å². The lowest BCUT2D eigenvalue weighted by Crippen LogP contribution is -1.92. The highest BCUT2D eigenvalue weighted by molar-refractivity contribution is 9.10. The number of nitrogens with zero attached hydrogens (tertiary/aromatic N) is 4. The average molecular weight is 213 g/mol. The van der Waals surface area contributed by atoms with Gasteiger partial charge in [-0.05, 0) is 34.5 Å². The standard InChI is InChI=1S/C6H5BrN4/c1-4-2-3-8-11-5(4)9-10-6(11)7/h2-3H,1H3. The van der Waals surface area contributed by atoms with Crippen molar-refractivity contribution in [3.8, 4) is 0 Å². The summed E-state index contributed by atoms with van der Waals surface area (Å²) in [4.78, 5) is 0. The Kier molecular flexibility index (Phi) is 1.38. The summed E-state index contributed by atoms with van der Waals surface area (Å²) in [5.41, 5.74) is 1.86. The Morgan fingerprint density at radius 1 is 1.45 bits per heavy atom. The van der Waals surface area contributed by atoms with Gasteiger partial charge in [0.05, 0.1) is 0 Å². The van der Waals surface area contributed by atoms with Gasteiger partial charge in [0.25, 0.3) is 0 Å². The van der Waals surface area contributed by atoms with Gasteiger partial charge in [0.2, 0.25) is 4.73 Å². The van der Waals surface area contributed by atoms with Gasteiger partial charge in [-0.3, -0.25) is 0 Å².